The first-order valence-corrected chi connectivity index (χ1v) is 7.92. The van der Waals surface area contributed by atoms with Crippen LogP contribution in [0.5, 0.6) is 0 Å². The van der Waals surface area contributed by atoms with E-state index in [1.165, 1.54) is 0 Å². The highest BCUT2D eigenvalue weighted by Crippen LogP contribution is 2.23. The van der Waals surface area contributed by atoms with E-state index in [2.05, 4.69) is 5.16 Å². The zero-order valence-electron chi connectivity index (χ0n) is 13.3. The van der Waals surface area contributed by atoms with Gasteiger partial charge in [0, 0.05) is 31.0 Å². The van der Waals surface area contributed by atoms with Crippen LogP contribution in [-0.4, -0.2) is 39.6 Å². The number of aromatic nitrogens is 1. The van der Waals surface area contributed by atoms with Gasteiger partial charge in [0.2, 0.25) is 5.91 Å². The molecule has 1 aliphatic heterocycles. The van der Waals surface area contributed by atoms with Crippen molar-refractivity contribution in [1.82, 2.24) is 10.1 Å². The maximum absolute atomic E-state index is 12.5. The molecule has 0 unspecified atom stereocenters. The molecule has 0 aromatic carbocycles. The van der Waals surface area contributed by atoms with Gasteiger partial charge in [-0.1, -0.05) is 5.16 Å². The van der Waals surface area contributed by atoms with Crippen LogP contribution in [0.15, 0.2) is 4.52 Å². The normalized spacial score (nSPS) is 18.5. The summed E-state index contributed by atoms with van der Waals surface area (Å²) in [6.45, 7) is 4.48. The van der Waals surface area contributed by atoms with Crippen molar-refractivity contribution in [2.45, 2.75) is 64.8 Å². The average Bonchev–Trinajstić information content (AvgIpc) is 2.82. The Hall–Kier alpha value is -1.85. The number of nitrogens with zero attached hydrogens (tertiary/aromatic N) is 2. The van der Waals surface area contributed by atoms with Gasteiger partial charge >= 0.3 is 5.97 Å². The van der Waals surface area contributed by atoms with E-state index >= 15 is 0 Å². The molecule has 0 bridgehead atoms. The number of rotatable bonds is 6. The molecular formula is C16H24N2O4. The number of carboxylic acid groups (broad SMARTS) is 1. The van der Waals surface area contributed by atoms with Crippen molar-refractivity contribution in [2.75, 3.05) is 6.54 Å². The summed E-state index contributed by atoms with van der Waals surface area (Å²) in [5.41, 5.74) is 1.85. The second-order valence-corrected chi connectivity index (χ2v) is 5.97. The van der Waals surface area contributed by atoms with Gasteiger partial charge in [-0.2, -0.15) is 0 Å². The predicted molar refractivity (Wildman–Crippen MR) is 80.5 cm³/mol. The van der Waals surface area contributed by atoms with E-state index in [1.807, 2.05) is 18.7 Å². The lowest BCUT2D eigenvalue weighted by Crippen LogP contribution is -2.44. The highest BCUT2D eigenvalue weighted by atomic mass is 16.5. The summed E-state index contributed by atoms with van der Waals surface area (Å²) in [5, 5.41) is 12.7. The van der Waals surface area contributed by atoms with Gasteiger partial charge in [-0.3, -0.25) is 9.59 Å². The molecule has 6 heteroatoms. The van der Waals surface area contributed by atoms with Gasteiger partial charge in [0.15, 0.2) is 0 Å². The summed E-state index contributed by atoms with van der Waals surface area (Å²) < 4.78 is 5.12. The molecule has 1 N–H and O–H groups in total. The highest BCUT2D eigenvalue weighted by Gasteiger charge is 2.27. The topological polar surface area (TPSA) is 83.6 Å². The van der Waals surface area contributed by atoms with E-state index in [4.69, 9.17) is 9.63 Å². The van der Waals surface area contributed by atoms with E-state index in [1.54, 1.807) is 0 Å². The zero-order chi connectivity index (χ0) is 16.1. The Kier molecular flexibility index (Phi) is 5.57. The molecule has 1 fully saturated rings. The summed E-state index contributed by atoms with van der Waals surface area (Å²) in [6, 6.07) is 0.0713. The molecule has 1 aliphatic rings. The second-order valence-electron chi connectivity index (χ2n) is 5.97. The van der Waals surface area contributed by atoms with E-state index in [9.17, 15) is 9.59 Å². The minimum absolute atomic E-state index is 0.0713. The smallest absolute Gasteiger partial charge is 0.303 e. The Morgan fingerprint density at radius 3 is 2.73 bits per heavy atom. The number of aliphatic carboxylic acids is 1. The first kappa shape index (κ1) is 16.5. The molecule has 1 aromatic rings. The van der Waals surface area contributed by atoms with Crippen molar-refractivity contribution in [1.29, 1.82) is 0 Å². The molecule has 2 heterocycles. The Labute approximate surface area is 130 Å². The number of carbonyl (C=O) groups excluding carboxylic acids is 1. The molecule has 22 heavy (non-hydrogen) atoms. The van der Waals surface area contributed by atoms with Crippen molar-refractivity contribution in [2.24, 2.45) is 0 Å². The summed E-state index contributed by atoms with van der Waals surface area (Å²) >= 11 is 0. The van der Waals surface area contributed by atoms with Crippen LogP contribution < -0.4 is 0 Å². The Morgan fingerprint density at radius 2 is 2.09 bits per heavy atom. The predicted octanol–water partition coefficient (Wildman–Crippen LogP) is 2.47. The lowest BCUT2D eigenvalue weighted by Gasteiger charge is -2.35. The molecule has 0 aliphatic carbocycles. The number of aryl methyl sites for hydroxylation is 2. The van der Waals surface area contributed by atoms with Crippen molar-refractivity contribution < 1.29 is 19.2 Å². The molecule has 0 radical (unpaired) electrons. The molecule has 122 valence electrons. The number of amides is 1. The van der Waals surface area contributed by atoms with E-state index in [0.29, 0.717) is 19.3 Å². The number of hydrogen-bond donors (Lipinski definition) is 1. The van der Waals surface area contributed by atoms with Crippen LogP contribution in [0, 0.1) is 13.8 Å². The first-order valence-electron chi connectivity index (χ1n) is 7.92. The third-order valence-corrected chi connectivity index (χ3v) is 4.41. The SMILES string of the molecule is Cc1noc(C)c1CCC(=O)N1CCCC[C@H]1CCC(=O)O. The Balaban J connectivity index is 1.92. The van der Waals surface area contributed by atoms with Crippen LogP contribution in [0.25, 0.3) is 0 Å². The lowest BCUT2D eigenvalue weighted by molar-refractivity contribution is -0.140. The van der Waals surface area contributed by atoms with Gasteiger partial charge in [-0.15, -0.1) is 0 Å². The fourth-order valence-corrected chi connectivity index (χ4v) is 3.15. The van der Waals surface area contributed by atoms with Crippen LogP contribution in [0.3, 0.4) is 0 Å². The first-order chi connectivity index (χ1) is 10.5. The fourth-order valence-electron chi connectivity index (χ4n) is 3.15. The molecule has 0 spiro atoms. The number of likely N-dealkylation sites (tertiary alicyclic amines) is 1. The number of carbonyl (C=O) groups is 2. The average molecular weight is 308 g/mol. The molecule has 0 saturated carbocycles. The van der Waals surface area contributed by atoms with Crippen LogP contribution in [0.4, 0.5) is 0 Å². The van der Waals surface area contributed by atoms with Gasteiger partial charge < -0.3 is 14.5 Å². The third-order valence-electron chi connectivity index (χ3n) is 4.41. The third kappa shape index (κ3) is 4.08. The van der Waals surface area contributed by atoms with Crippen molar-refractivity contribution >= 4 is 11.9 Å². The zero-order valence-corrected chi connectivity index (χ0v) is 13.3. The highest BCUT2D eigenvalue weighted by molar-refractivity contribution is 5.77. The maximum atomic E-state index is 12.5. The molecular weight excluding hydrogens is 284 g/mol. The summed E-state index contributed by atoms with van der Waals surface area (Å²) in [4.78, 5) is 25.1. The molecule has 1 amide bonds. The summed E-state index contributed by atoms with van der Waals surface area (Å²) in [7, 11) is 0. The van der Waals surface area contributed by atoms with E-state index in [-0.39, 0.29) is 18.4 Å². The van der Waals surface area contributed by atoms with Gasteiger partial charge in [-0.25, -0.2) is 0 Å². The van der Waals surface area contributed by atoms with Crippen molar-refractivity contribution in [3.63, 3.8) is 0 Å². The molecule has 1 atom stereocenters. The molecule has 1 aromatic heterocycles. The van der Waals surface area contributed by atoms with Gasteiger partial charge in [0.05, 0.1) is 5.69 Å². The van der Waals surface area contributed by atoms with Crippen LogP contribution in [0.1, 0.15) is 55.5 Å². The number of hydrogen-bond acceptors (Lipinski definition) is 4. The van der Waals surface area contributed by atoms with E-state index in [0.717, 1.165) is 42.8 Å². The maximum Gasteiger partial charge on any atom is 0.303 e. The molecule has 1 saturated heterocycles. The largest absolute Gasteiger partial charge is 0.481 e. The van der Waals surface area contributed by atoms with Gasteiger partial charge in [0.25, 0.3) is 0 Å². The summed E-state index contributed by atoms with van der Waals surface area (Å²) in [6.07, 6.45) is 4.70. The van der Waals surface area contributed by atoms with Crippen LogP contribution in [0.2, 0.25) is 0 Å². The minimum atomic E-state index is -0.798. The molecule has 2 rings (SSSR count). The quantitative estimate of drug-likeness (QED) is 0.872. The van der Waals surface area contributed by atoms with E-state index < -0.39 is 5.97 Å². The Bertz CT molecular complexity index is 519. The van der Waals surface area contributed by atoms with Gasteiger partial charge in [-0.05, 0) is 46.0 Å². The van der Waals surface area contributed by atoms with Crippen LogP contribution >= 0.6 is 0 Å². The lowest BCUT2D eigenvalue weighted by atomic mass is 9.97. The number of piperidine rings is 1. The Morgan fingerprint density at radius 1 is 1.32 bits per heavy atom. The van der Waals surface area contributed by atoms with Crippen molar-refractivity contribution in [3.05, 3.63) is 17.0 Å². The number of carboxylic acids is 1. The molecule has 6 nitrogen and oxygen atoms in total. The van der Waals surface area contributed by atoms with Crippen LogP contribution in [-0.2, 0) is 16.0 Å². The van der Waals surface area contributed by atoms with Crippen molar-refractivity contribution in [3.8, 4) is 0 Å². The minimum Gasteiger partial charge on any atom is -0.481 e. The standard InChI is InChI=1S/C16H24N2O4/c1-11-14(12(2)22-17-11)7-8-15(19)18-10-4-3-5-13(18)6-9-16(20)21/h13H,3-10H2,1-2H3,(H,20,21)/t13-/m0/s1. The van der Waals surface area contributed by atoms with Gasteiger partial charge in [0.1, 0.15) is 5.76 Å². The fraction of sp³-hybridized carbons (Fsp3) is 0.688. The second kappa shape index (κ2) is 7.42. The summed E-state index contributed by atoms with van der Waals surface area (Å²) in [5.74, 6) is 0.0788. The monoisotopic (exact) mass is 308 g/mol.